The van der Waals surface area contributed by atoms with Gasteiger partial charge in [0.1, 0.15) is 0 Å². The van der Waals surface area contributed by atoms with Crippen LogP contribution < -0.4 is 0 Å². The molecule has 0 aromatic carbocycles. The Bertz CT molecular complexity index is 252. The lowest BCUT2D eigenvalue weighted by atomic mass is 10.1. The van der Waals surface area contributed by atoms with Gasteiger partial charge in [-0.25, -0.2) is 0 Å². The molecule has 1 saturated heterocycles. The van der Waals surface area contributed by atoms with Gasteiger partial charge in [0, 0.05) is 25.7 Å². The van der Waals surface area contributed by atoms with Gasteiger partial charge >= 0.3 is 0 Å². The molecule has 0 spiro atoms. The van der Waals surface area contributed by atoms with Crippen molar-refractivity contribution in [3.8, 4) is 0 Å². The fourth-order valence-corrected chi connectivity index (χ4v) is 2.62. The van der Waals surface area contributed by atoms with E-state index < -0.39 is 0 Å². The van der Waals surface area contributed by atoms with E-state index in [-0.39, 0.29) is 0 Å². The molecule has 3 heteroatoms. The van der Waals surface area contributed by atoms with E-state index in [4.69, 9.17) is 5.41 Å². The first-order valence-corrected chi connectivity index (χ1v) is 7.74. The highest BCUT2D eigenvalue weighted by molar-refractivity contribution is 5.79. The molecular weight excluding hydrogens is 222 g/mol. The first-order chi connectivity index (χ1) is 8.63. The SMILES string of the molecule is CCCCN1C[C@@H](CCC)N(CC(C)CC)C1=N. The molecule has 0 bridgehead atoms. The summed E-state index contributed by atoms with van der Waals surface area (Å²) >= 11 is 0. The van der Waals surface area contributed by atoms with Crippen LogP contribution in [0.25, 0.3) is 0 Å². The molecule has 1 aliphatic rings. The van der Waals surface area contributed by atoms with Gasteiger partial charge in [-0.15, -0.1) is 0 Å². The van der Waals surface area contributed by atoms with Crippen LogP contribution in [0.3, 0.4) is 0 Å². The normalized spacial score (nSPS) is 21.8. The second kappa shape index (κ2) is 7.65. The maximum atomic E-state index is 8.37. The molecule has 1 unspecified atom stereocenters. The molecule has 0 aromatic heterocycles. The number of unbranched alkanes of at least 4 members (excludes halogenated alkanes) is 1. The molecule has 1 fully saturated rings. The summed E-state index contributed by atoms with van der Waals surface area (Å²) in [5.74, 6) is 1.47. The summed E-state index contributed by atoms with van der Waals surface area (Å²) in [5, 5.41) is 8.37. The minimum atomic E-state index is 0.577. The van der Waals surface area contributed by atoms with Crippen LogP contribution >= 0.6 is 0 Å². The molecular formula is C15H31N3. The minimum absolute atomic E-state index is 0.577. The predicted octanol–water partition coefficient (Wildman–Crippen LogP) is 3.55. The van der Waals surface area contributed by atoms with E-state index in [1.54, 1.807) is 0 Å². The van der Waals surface area contributed by atoms with Gasteiger partial charge in [-0.3, -0.25) is 5.41 Å². The first-order valence-electron chi connectivity index (χ1n) is 7.74. The summed E-state index contributed by atoms with van der Waals surface area (Å²) in [5.41, 5.74) is 0. The summed E-state index contributed by atoms with van der Waals surface area (Å²) in [7, 11) is 0. The fourth-order valence-electron chi connectivity index (χ4n) is 2.62. The van der Waals surface area contributed by atoms with E-state index in [2.05, 4.69) is 37.5 Å². The summed E-state index contributed by atoms with van der Waals surface area (Å²) < 4.78 is 0. The van der Waals surface area contributed by atoms with E-state index in [1.807, 2.05) is 0 Å². The predicted molar refractivity (Wildman–Crippen MR) is 79.1 cm³/mol. The summed E-state index contributed by atoms with van der Waals surface area (Å²) in [6, 6.07) is 0.577. The maximum absolute atomic E-state index is 8.37. The smallest absolute Gasteiger partial charge is 0.194 e. The Morgan fingerprint density at radius 1 is 1.28 bits per heavy atom. The Balaban J connectivity index is 2.61. The minimum Gasteiger partial charge on any atom is -0.341 e. The standard InChI is InChI=1S/C15H31N3/c1-5-8-10-17-12-14(9-6-2)18(15(17)16)11-13(4)7-3/h13-14,16H,5-12H2,1-4H3/t13?,14-/m1/s1. The molecule has 1 heterocycles. The van der Waals surface area contributed by atoms with Gasteiger partial charge in [0.2, 0.25) is 0 Å². The summed E-state index contributed by atoms with van der Waals surface area (Å²) in [4.78, 5) is 4.64. The monoisotopic (exact) mass is 253 g/mol. The Hall–Kier alpha value is -0.730. The molecule has 18 heavy (non-hydrogen) atoms. The van der Waals surface area contributed by atoms with Crippen molar-refractivity contribution in [1.29, 1.82) is 5.41 Å². The summed E-state index contributed by atoms with van der Waals surface area (Å²) in [6.07, 6.45) is 6.07. The molecule has 3 nitrogen and oxygen atoms in total. The topological polar surface area (TPSA) is 30.3 Å². The van der Waals surface area contributed by atoms with Gasteiger partial charge in [0.15, 0.2) is 5.96 Å². The molecule has 0 aliphatic carbocycles. The van der Waals surface area contributed by atoms with Crippen molar-refractivity contribution in [3.05, 3.63) is 0 Å². The van der Waals surface area contributed by atoms with Crippen LogP contribution in [-0.4, -0.2) is 41.4 Å². The van der Waals surface area contributed by atoms with Crippen molar-refractivity contribution in [1.82, 2.24) is 9.80 Å². The zero-order valence-corrected chi connectivity index (χ0v) is 12.7. The van der Waals surface area contributed by atoms with Gasteiger partial charge in [0.05, 0.1) is 0 Å². The lowest BCUT2D eigenvalue weighted by molar-refractivity contribution is 0.282. The van der Waals surface area contributed by atoms with Gasteiger partial charge in [0.25, 0.3) is 0 Å². The fraction of sp³-hybridized carbons (Fsp3) is 0.933. The average molecular weight is 253 g/mol. The van der Waals surface area contributed by atoms with E-state index in [9.17, 15) is 0 Å². The Kier molecular flexibility index (Phi) is 6.51. The molecule has 1 aliphatic heterocycles. The highest BCUT2D eigenvalue weighted by atomic mass is 15.4. The van der Waals surface area contributed by atoms with Crippen molar-refractivity contribution in [2.75, 3.05) is 19.6 Å². The van der Waals surface area contributed by atoms with Crippen molar-refractivity contribution in [2.45, 2.75) is 65.8 Å². The second-order valence-corrected chi connectivity index (χ2v) is 5.73. The Labute approximate surface area is 113 Å². The quantitative estimate of drug-likeness (QED) is 0.717. The zero-order valence-electron chi connectivity index (χ0n) is 12.7. The number of nitrogens with zero attached hydrogens (tertiary/aromatic N) is 2. The van der Waals surface area contributed by atoms with Crippen molar-refractivity contribution >= 4 is 5.96 Å². The molecule has 0 saturated carbocycles. The van der Waals surface area contributed by atoms with Crippen LogP contribution in [0, 0.1) is 11.3 Å². The number of hydrogen-bond donors (Lipinski definition) is 1. The lowest BCUT2D eigenvalue weighted by Crippen LogP contribution is -2.38. The zero-order chi connectivity index (χ0) is 13.5. The summed E-state index contributed by atoms with van der Waals surface area (Å²) in [6.45, 7) is 12.2. The van der Waals surface area contributed by atoms with Gasteiger partial charge < -0.3 is 9.80 Å². The van der Waals surface area contributed by atoms with Gasteiger partial charge in [-0.2, -0.15) is 0 Å². The van der Waals surface area contributed by atoms with E-state index in [0.29, 0.717) is 12.0 Å². The third-order valence-corrected chi connectivity index (χ3v) is 4.05. The highest BCUT2D eigenvalue weighted by Gasteiger charge is 2.33. The van der Waals surface area contributed by atoms with Gasteiger partial charge in [-0.1, -0.05) is 47.0 Å². The van der Waals surface area contributed by atoms with Crippen LogP contribution in [0.5, 0.6) is 0 Å². The molecule has 2 atom stereocenters. The van der Waals surface area contributed by atoms with Crippen LogP contribution in [0.1, 0.15) is 59.8 Å². The third kappa shape index (κ3) is 3.89. The molecule has 106 valence electrons. The molecule has 0 aromatic rings. The first kappa shape index (κ1) is 15.3. The molecule has 0 amide bonds. The number of hydrogen-bond acceptors (Lipinski definition) is 1. The third-order valence-electron chi connectivity index (χ3n) is 4.05. The van der Waals surface area contributed by atoms with Crippen molar-refractivity contribution in [2.24, 2.45) is 5.92 Å². The average Bonchev–Trinajstić information content (AvgIpc) is 2.65. The second-order valence-electron chi connectivity index (χ2n) is 5.73. The Morgan fingerprint density at radius 2 is 2.00 bits per heavy atom. The van der Waals surface area contributed by atoms with E-state index in [0.717, 1.165) is 25.6 Å². The number of nitrogens with one attached hydrogen (secondary N) is 1. The van der Waals surface area contributed by atoms with Crippen LogP contribution in [-0.2, 0) is 0 Å². The molecule has 1 N–H and O–H groups in total. The van der Waals surface area contributed by atoms with E-state index >= 15 is 0 Å². The van der Waals surface area contributed by atoms with E-state index in [1.165, 1.54) is 32.1 Å². The lowest BCUT2D eigenvalue weighted by Gasteiger charge is -2.27. The van der Waals surface area contributed by atoms with Gasteiger partial charge in [-0.05, 0) is 18.8 Å². The molecule has 1 rings (SSSR count). The maximum Gasteiger partial charge on any atom is 0.194 e. The van der Waals surface area contributed by atoms with Crippen LogP contribution in [0.15, 0.2) is 0 Å². The van der Waals surface area contributed by atoms with Crippen LogP contribution in [0.4, 0.5) is 0 Å². The van der Waals surface area contributed by atoms with Crippen LogP contribution in [0.2, 0.25) is 0 Å². The Morgan fingerprint density at radius 3 is 2.56 bits per heavy atom. The largest absolute Gasteiger partial charge is 0.341 e. The molecule has 0 radical (unpaired) electrons. The number of rotatable bonds is 8. The van der Waals surface area contributed by atoms with Crippen molar-refractivity contribution < 1.29 is 0 Å². The highest BCUT2D eigenvalue weighted by Crippen LogP contribution is 2.21. The van der Waals surface area contributed by atoms with Crippen molar-refractivity contribution in [3.63, 3.8) is 0 Å². The number of guanidine groups is 1.